The normalized spacial score (nSPS) is 15.2. The van der Waals surface area contributed by atoms with E-state index in [0.717, 1.165) is 58.8 Å². The number of aromatic nitrogens is 4. The molecule has 16 nitrogen and oxygen atoms in total. The lowest BCUT2D eigenvalue weighted by Crippen LogP contribution is -2.43. The van der Waals surface area contributed by atoms with Gasteiger partial charge in [0.25, 0.3) is 0 Å². The average Bonchev–Trinajstić information content (AvgIpc) is 3.92. The molecule has 1 aromatic carbocycles. The number of carboxylic acid groups (broad SMARTS) is 2. The van der Waals surface area contributed by atoms with Crippen LogP contribution in [0.1, 0.15) is 126 Å². The summed E-state index contributed by atoms with van der Waals surface area (Å²) >= 11 is 0. The summed E-state index contributed by atoms with van der Waals surface area (Å²) in [5.41, 5.74) is 8.94. The van der Waals surface area contributed by atoms with Crippen molar-refractivity contribution in [2.45, 2.75) is 91.0 Å². The van der Waals surface area contributed by atoms with Crippen LogP contribution in [0.4, 0.5) is 0 Å². The van der Waals surface area contributed by atoms with E-state index in [2.05, 4.69) is 10.3 Å². The van der Waals surface area contributed by atoms with Crippen molar-refractivity contribution in [2.75, 3.05) is 27.2 Å². The van der Waals surface area contributed by atoms with E-state index in [1.54, 1.807) is 20.1 Å². The van der Waals surface area contributed by atoms with Crippen molar-refractivity contribution in [1.82, 2.24) is 24.9 Å². The topological polar surface area (TPSA) is 238 Å². The molecule has 5 heterocycles. The van der Waals surface area contributed by atoms with E-state index in [9.17, 15) is 34.2 Å². The number of ether oxygens (including phenoxy) is 3. The molecular formula is C48H54N6O10. The number of H-pyrrole nitrogens is 1. The van der Waals surface area contributed by atoms with Crippen LogP contribution in [0.15, 0.2) is 42.5 Å². The molecule has 16 heteroatoms. The number of nitrogens with one attached hydrogen (secondary N) is 2. The zero-order valence-electron chi connectivity index (χ0n) is 37.3. The first-order valence-corrected chi connectivity index (χ1v) is 21.0. The van der Waals surface area contributed by atoms with Crippen molar-refractivity contribution in [1.29, 1.82) is 0 Å². The number of hydrogen-bond donors (Lipinski definition) is 5. The molecule has 2 aliphatic rings. The Morgan fingerprint density at radius 1 is 0.938 bits per heavy atom. The van der Waals surface area contributed by atoms with Gasteiger partial charge in [-0.2, -0.15) is 0 Å². The molecule has 0 fully saturated rings. The maximum atomic E-state index is 14.2. The van der Waals surface area contributed by atoms with Crippen LogP contribution < -0.4 is 15.9 Å². The summed E-state index contributed by atoms with van der Waals surface area (Å²) in [5.74, 6) is 2.12. The molecule has 64 heavy (non-hydrogen) atoms. The number of fused-ring (bicyclic) bond motifs is 8. The molecule has 4 aromatic rings. The standard InChI is InChI=1S/C48H54N6O10/c1-9-30-24(2)35-21-37-31(18-15-28-13-16-29(62-6)17-14-28)25(3)34(50-37)20-36-26(4)32(11-10-12-42(56)57)45(53-36)33(19-41(55)52-39(48(61)64-8)23-43(58)63-7)46-44(47(59)60)27(5)40(54(46)49)22-38(30)51-35/h13-18,20-22,26,32,39,50H,9-12,19,23,49H2,1-8H3,(H,52,55)(H,56,57)(H,59,60)/b18-15+,34-20?,35-21?,36-20?,37-21?,38-22?,40-22?,45-33?,46-33?/t26-,32-,39-/m0/s1. The molecule has 0 unspecified atom stereocenters. The second kappa shape index (κ2) is 19.4. The van der Waals surface area contributed by atoms with Crippen molar-refractivity contribution >= 4 is 75.1 Å². The molecule has 336 valence electrons. The zero-order chi connectivity index (χ0) is 46.6. The number of nitrogen functional groups attached to an aromatic ring is 1. The van der Waals surface area contributed by atoms with Crippen molar-refractivity contribution in [3.05, 3.63) is 98.6 Å². The smallest absolute Gasteiger partial charge is 0.338 e. The van der Waals surface area contributed by atoms with E-state index in [1.807, 2.05) is 76.2 Å². The minimum Gasteiger partial charge on any atom is -0.497 e. The highest BCUT2D eigenvalue weighted by atomic mass is 16.5. The lowest BCUT2D eigenvalue weighted by Gasteiger charge is -2.19. The predicted octanol–water partition coefficient (Wildman–Crippen LogP) is 7.24. The quantitative estimate of drug-likeness (QED) is 0.0586. The van der Waals surface area contributed by atoms with Gasteiger partial charge in [-0.15, -0.1) is 0 Å². The third-order valence-electron chi connectivity index (χ3n) is 12.2. The van der Waals surface area contributed by atoms with Gasteiger partial charge in [0.05, 0.1) is 67.8 Å². The number of allylic oxidation sites excluding steroid dienone is 2. The Kier molecular flexibility index (Phi) is 14.1. The van der Waals surface area contributed by atoms with Crippen molar-refractivity contribution < 1.29 is 48.4 Å². The van der Waals surface area contributed by atoms with Crippen LogP contribution in [-0.2, 0) is 35.1 Å². The van der Waals surface area contributed by atoms with E-state index >= 15 is 0 Å². The van der Waals surface area contributed by atoms with Gasteiger partial charge in [-0.25, -0.2) is 14.6 Å². The summed E-state index contributed by atoms with van der Waals surface area (Å²) in [6.07, 6.45) is 4.00. The predicted molar refractivity (Wildman–Crippen MR) is 243 cm³/mol. The first-order valence-electron chi connectivity index (χ1n) is 21.0. The number of rotatable bonds is 15. The second-order valence-corrected chi connectivity index (χ2v) is 16.0. The van der Waals surface area contributed by atoms with E-state index in [4.69, 9.17) is 30.0 Å². The molecule has 8 bridgehead atoms. The number of esters is 2. The first-order chi connectivity index (χ1) is 30.5. The number of nitrogens with two attached hydrogens (primary N) is 1. The molecule has 0 spiro atoms. The number of amides is 1. The van der Waals surface area contributed by atoms with Crippen molar-refractivity contribution in [3.8, 4) is 5.75 Å². The minimum absolute atomic E-state index is 0.00563. The van der Waals surface area contributed by atoms with E-state index < -0.39 is 54.6 Å². The van der Waals surface area contributed by atoms with Crippen LogP contribution in [0.25, 0.3) is 45.4 Å². The van der Waals surface area contributed by atoms with Crippen LogP contribution in [-0.4, -0.2) is 87.0 Å². The number of methoxy groups -OCH3 is 3. The number of nitrogens with zero attached hydrogens (tertiary/aromatic N) is 3. The third-order valence-corrected chi connectivity index (χ3v) is 12.2. The monoisotopic (exact) mass is 874 g/mol. The maximum absolute atomic E-state index is 14.2. The third kappa shape index (κ3) is 9.40. The van der Waals surface area contributed by atoms with Gasteiger partial charge in [-0.1, -0.05) is 38.1 Å². The number of carbonyl (C=O) groups excluding carboxylic acids is 3. The Morgan fingerprint density at radius 3 is 2.28 bits per heavy atom. The summed E-state index contributed by atoms with van der Waals surface area (Å²) < 4.78 is 16.2. The Bertz CT molecular complexity index is 2760. The highest BCUT2D eigenvalue weighted by Gasteiger charge is 2.35. The fourth-order valence-corrected chi connectivity index (χ4v) is 8.60. The van der Waals surface area contributed by atoms with Crippen LogP contribution in [0.5, 0.6) is 5.75 Å². The summed E-state index contributed by atoms with van der Waals surface area (Å²) in [7, 11) is 3.88. The molecule has 3 aromatic heterocycles. The van der Waals surface area contributed by atoms with E-state index in [1.165, 1.54) is 4.68 Å². The van der Waals surface area contributed by atoms with Crippen LogP contribution in [0, 0.1) is 13.8 Å². The lowest BCUT2D eigenvalue weighted by atomic mass is 9.84. The lowest BCUT2D eigenvalue weighted by molar-refractivity contribution is -0.150. The van der Waals surface area contributed by atoms with E-state index in [0.29, 0.717) is 46.7 Å². The largest absolute Gasteiger partial charge is 0.497 e. The first kappa shape index (κ1) is 46.3. The van der Waals surface area contributed by atoms with Crippen LogP contribution in [0.3, 0.4) is 0 Å². The molecule has 0 saturated carbocycles. The number of aryl methyl sites for hydroxylation is 2. The fraction of sp³-hybridized carbons (Fsp3) is 0.354. The summed E-state index contributed by atoms with van der Waals surface area (Å²) in [6.45, 7) is 9.58. The van der Waals surface area contributed by atoms with Crippen molar-refractivity contribution in [2.24, 2.45) is 0 Å². The van der Waals surface area contributed by atoms with Crippen LogP contribution >= 0.6 is 0 Å². The molecule has 0 saturated heterocycles. The molecule has 6 rings (SSSR count). The Labute approximate surface area is 370 Å². The van der Waals surface area contributed by atoms with Crippen LogP contribution in [0.2, 0.25) is 0 Å². The number of aromatic amines is 1. The van der Waals surface area contributed by atoms with Gasteiger partial charge in [0.1, 0.15) is 11.8 Å². The summed E-state index contributed by atoms with van der Waals surface area (Å²) in [5, 5.41) is 23.1. The minimum atomic E-state index is -1.43. The van der Waals surface area contributed by atoms with Gasteiger partial charge in [0.2, 0.25) is 5.91 Å². The molecule has 1 amide bonds. The number of carbonyl (C=O) groups is 5. The fourth-order valence-electron chi connectivity index (χ4n) is 8.60. The number of aromatic carboxylic acids is 1. The number of hydrogen-bond acceptors (Lipinski definition) is 11. The summed E-state index contributed by atoms with van der Waals surface area (Å²) in [4.78, 5) is 78.4. The van der Waals surface area contributed by atoms with Gasteiger partial charge in [0, 0.05) is 46.1 Å². The molecule has 2 aliphatic heterocycles. The maximum Gasteiger partial charge on any atom is 0.338 e. The van der Waals surface area contributed by atoms with Gasteiger partial charge in [-0.3, -0.25) is 24.0 Å². The molecule has 6 N–H and O–H groups in total. The number of benzene rings is 1. The van der Waals surface area contributed by atoms with Crippen molar-refractivity contribution in [3.63, 3.8) is 0 Å². The van der Waals surface area contributed by atoms with Gasteiger partial charge in [-0.05, 0) is 98.2 Å². The zero-order valence-corrected chi connectivity index (χ0v) is 37.3. The Morgan fingerprint density at radius 2 is 1.66 bits per heavy atom. The average molecular weight is 875 g/mol. The van der Waals surface area contributed by atoms with Gasteiger partial charge < -0.3 is 40.6 Å². The summed E-state index contributed by atoms with van der Waals surface area (Å²) in [6, 6.07) is 11.9. The highest BCUT2D eigenvalue weighted by molar-refractivity contribution is 6.04. The molecular weight excluding hydrogens is 821 g/mol. The number of carboxylic acids is 2. The van der Waals surface area contributed by atoms with Gasteiger partial charge >= 0.3 is 23.9 Å². The molecule has 0 radical (unpaired) electrons. The molecule has 3 atom stereocenters. The van der Waals surface area contributed by atoms with Gasteiger partial charge in [0.15, 0.2) is 0 Å². The Balaban J connectivity index is 1.74. The number of aliphatic carboxylic acids is 1. The second-order valence-electron chi connectivity index (χ2n) is 16.0. The van der Waals surface area contributed by atoms with E-state index in [-0.39, 0.29) is 35.4 Å². The Hall–Kier alpha value is -7.23. The molecule has 0 aliphatic carbocycles. The SMILES string of the molecule is CCC1=C(C)c2cc3[nH]c(cc4nc(c(CC(=O)N[C@@H](CC(=O)OC)C(=O)OC)c5c(C(=O)O)c(C)c(cc1n2)n5N)[C@@H](CCCC(=O)O)[C@@H]4C)c(C)c3/C=C/c1ccc(OC)cc1. The highest BCUT2D eigenvalue weighted by Crippen LogP contribution is 2.43.